The Bertz CT molecular complexity index is 1040. The van der Waals surface area contributed by atoms with Crippen molar-refractivity contribution in [1.82, 2.24) is 25.1 Å². The van der Waals surface area contributed by atoms with Crippen molar-refractivity contribution >= 4 is 0 Å². The van der Waals surface area contributed by atoms with Crippen LogP contribution in [-0.4, -0.2) is 49.2 Å². The highest BCUT2D eigenvalue weighted by molar-refractivity contribution is 5.68. The molecule has 1 saturated carbocycles. The second-order valence-corrected chi connectivity index (χ2v) is 8.47. The molecule has 0 spiro atoms. The van der Waals surface area contributed by atoms with E-state index in [1.54, 1.807) is 47.6 Å². The standard InChI is InChI=1S/C21H22FN5O2/c1-20-10-21(2,24-11-20)18(22)19(20)29-17-6-5-15(25-26-17)14-4-3-13(9-16(14)28)27-8-7-23-12-27/h3-9,12,18-19,24,28H,10-11H2,1-2H3/t18-,19-,20+,21+/m1/s1. The zero-order chi connectivity index (χ0) is 20.2. The normalized spacial score (nSPS) is 30.6. The lowest BCUT2D eigenvalue weighted by molar-refractivity contribution is 0.00666. The van der Waals surface area contributed by atoms with Crippen molar-refractivity contribution in [2.24, 2.45) is 5.41 Å². The summed E-state index contributed by atoms with van der Waals surface area (Å²) in [4.78, 5) is 4.00. The Hall–Kier alpha value is -3.00. The smallest absolute Gasteiger partial charge is 0.233 e. The van der Waals surface area contributed by atoms with Gasteiger partial charge in [0.15, 0.2) is 6.17 Å². The van der Waals surface area contributed by atoms with Crippen LogP contribution in [0.25, 0.3) is 16.9 Å². The molecule has 7 nitrogen and oxygen atoms in total. The van der Waals surface area contributed by atoms with Crippen molar-refractivity contribution in [2.45, 2.75) is 38.1 Å². The number of nitrogens with zero attached hydrogens (tertiary/aromatic N) is 4. The quantitative estimate of drug-likeness (QED) is 0.707. The van der Waals surface area contributed by atoms with Gasteiger partial charge in [-0.05, 0) is 31.5 Å². The number of ether oxygens (including phenoxy) is 1. The van der Waals surface area contributed by atoms with Crippen molar-refractivity contribution in [3.8, 4) is 28.6 Å². The highest BCUT2D eigenvalue weighted by atomic mass is 19.1. The van der Waals surface area contributed by atoms with Gasteiger partial charge in [-0.1, -0.05) is 6.92 Å². The molecule has 8 heteroatoms. The number of phenols is 1. The molecule has 3 heterocycles. The van der Waals surface area contributed by atoms with Gasteiger partial charge in [0.2, 0.25) is 5.88 Å². The monoisotopic (exact) mass is 395 g/mol. The maximum Gasteiger partial charge on any atom is 0.233 e. The average Bonchev–Trinajstić information content (AvgIpc) is 3.39. The Morgan fingerprint density at radius 2 is 2.10 bits per heavy atom. The van der Waals surface area contributed by atoms with Gasteiger partial charge in [-0.2, -0.15) is 0 Å². The van der Waals surface area contributed by atoms with Crippen LogP contribution < -0.4 is 10.1 Å². The second-order valence-electron chi connectivity index (χ2n) is 8.47. The Labute approximate surface area is 167 Å². The molecule has 0 radical (unpaired) electrons. The van der Waals surface area contributed by atoms with Crippen molar-refractivity contribution in [2.75, 3.05) is 6.54 Å². The molecule has 2 fully saturated rings. The first kappa shape index (κ1) is 18.1. The second kappa shape index (κ2) is 6.25. The van der Waals surface area contributed by atoms with E-state index in [-0.39, 0.29) is 17.0 Å². The number of benzene rings is 1. The van der Waals surface area contributed by atoms with Gasteiger partial charge in [-0.15, -0.1) is 10.2 Å². The molecule has 1 aliphatic carbocycles. The van der Waals surface area contributed by atoms with Crippen molar-refractivity contribution in [1.29, 1.82) is 0 Å². The predicted molar refractivity (Wildman–Crippen MR) is 105 cm³/mol. The van der Waals surface area contributed by atoms with E-state index < -0.39 is 17.8 Å². The number of aromatic nitrogens is 4. The van der Waals surface area contributed by atoms with Crippen LogP contribution in [0.1, 0.15) is 20.3 Å². The predicted octanol–water partition coefficient (Wildman–Crippen LogP) is 2.89. The molecule has 3 aromatic rings. The summed E-state index contributed by atoms with van der Waals surface area (Å²) in [6.07, 6.45) is 4.19. The lowest BCUT2D eigenvalue weighted by atomic mass is 9.87. The molecule has 2 aliphatic rings. The molecule has 4 atom stereocenters. The molecule has 2 N–H and O–H groups in total. The van der Waals surface area contributed by atoms with Crippen molar-refractivity contribution in [3.63, 3.8) is 0 Å². The molecule has 0 amide bonds. The number of phenolic OH excluding ortho intramolecular Hbond substituents is 1. The van der Waals surface area contributed by atoms with Gasteiger partial charge in [0.1, 0.15) is 11.9 Å². The summed E-state index contributed by atoms with van der Waals surface area (Å²) >= 11 is 0. The molecule has 29 heavy (non-hydrogen) atoms. The van der Waals surface area contributed by atoms with E-state index >= 15 is 0 Å². The number of rotatable bonds is 4. The topological polar surface area (TPSA) is 85.1 Å². The first-order chi connectivity index (χ1) is 13.9. The van der Waals surface area contributed by atoms with Gasteiger partial charge in [-0.25, -0.2) is 9.37 Å². The van der Waals surface area contributed by atoms with Crippen molar-refractivity contribution in [3.05, 3.63) is 49.1 Å². The SMILES string of the molecule is C[C@@]12CN[C@@](C)(C1)[C@H](F)[C@H]2Oc1ccc(-c2ccc(-n3ccnc3)cc2O)nn1. The highest BCUT2D eigenvalue weighted by Crippen LogP contribution is 2.51. The molecule has 0 unspecified atom stereocenters. The van der Waals surface area contributed by atoms with E-state index in [1.165, 1.54) is 0 Å². The maximum atomic E-state index is 14.9. The summed E-state index contributed by atoms with van der Waals surface area (Å²) in [6.45, 7) is 4.66. The van der Waals surface area contributed by atoms with Crippen LogP contribution in [0.15, 0.2) is 49.1 Å². The Morgan fingerprint density at radius 1 is 1.24 bits per heavy atom. The van der Waals surface area contributed by atoms with Crippen LogP contribution in [0.3, 0.4) is 0 Å². The molecule has 1 saturated heterocycles. The third-order valence-corrected chi connectivity index (χ3v) is 6.18. The number of fused-ring (bicyclic) bond motifs is 2. The van der Waals surface area contributed by atoms with E-state index in [9.17, 15) is 9.50 Å². The fourth-order valence-electron chi connectivity index (χ4n) is 4.62. The van der Waals surface area contributed by atoms with E-state index in [2.05, 4.69) is 20.5 Å². The number of piperidine rings is 1. The minimum Gasteiger partial charge on any atom is -0.507 e. The van der Waals surface area contributed by atoms with Crippen LogP contribution in [0.4, 0.5) is 4.39 Å². The summed E-state index contributed by atoms with van der Waals surface area (Å²) in [5, 5.41) is 22.0. The average molecular weight is 395 g/mol. The van der Waals surface area contributed by atoms with Crippen LogP contribution in [0.2, 0.25) is 0 Å². The van der Waals surface area contributed by atoms with E-state index in [1.807, 2.05) is 19.9 Å². The molecular formula is C21H22FN5O2. The lowest BCUT2D eigenvalue weighted by Gasteiger charge is -2.35. The van der Waals surface area contributed by atoms with Crippen molar-refractivity contribution < 1.29 is 14.2 Å². The van der Waals surface area contributed by atoms with Crippen LogP contribution >= 0.6 is 0 Å². The van der Waals surface area contributed by atoms with Gasteiger partial charge in [0.05, 0.1) is 23.2 Å². The molecule has 2 aromatic heterocycles. The van der Waals surface area contributed by atoms with E-state index in [0.717, 1.165) is 18.7 Å². The fourth-order valence-corrected chi connectivity index (χ4v) is 4.62. The molecule has 2 bridgehead atoms. The van der Waals surface area contributed by atoms with Crippen LogP contribution in [0.5, 0.6) is 11.6 Å². The zero-order valence-electron chi connectivity index (χ0n) is 16.2. The summed E-state index contributed by atoms with van der Waals surface area (Å²) in [5.41, 5.74) is 1.04. The minimum absolute atomic E-state index is 0.0857. The zero-order valence-corrected chi connectivity index (χ0v) is 16.2. The van der Waals surface area contributed by atoms with Gasteiger partial charge in [0, 0.05) is 42.0 Å². The Balaban J connectivity index is 1.36. The molecular weight excluding hydrogens is 373 g/mol. The molecule has 5 rings (SSSR count). The Morgan fingerprint density at radius 3 is 2.72 bits per heavy atom. The van der Waals surface area contributed by atoms with Gasteiger partial charge in [0.25, 0.3) is 0 Å². The largest absolute Gasteiger partial charge is 0.507 e. The van der Waals surface area contributed by atoms with Gasteiger partial charge in [-0.3, -0.25) is 0 Å². The summed E-state index contributed by atoms with van der Waals surface area (Å²) in [5.74, 6) is 0.371. The number of hydrogen-bond donors (Lipinski definition) is 2. The fraction of sp³-hybridized carbons (Fsp3) is 0.381. The first-order valence-corrected chi connectivity index (χ1v) is 9.59. The third kappa shape index (κ3) is 2.86. The number of hydrogen-bond acceptors (Lipinski definition) is 6. The molecule has 1 aliphatic heterocycles. The lowest BCUT2D eigenvalue weighted by Crippen LogP contribution is -2.55. The third-order valence-electron chi connectivity index (χ3n) is 6.18. The molecule has 1 aromatic carbocycles. The highest BCUT2D eigenvalue weighted by Gasteiger charge is 2.64. The van der Waals surface area contributed by atoms with E-state index in [4.69, 9.17) is 4.74 Å². The van der Waals surface area contributed by atoms with Gasteiger partial charge >= 0.3 is 0 Å². The number of aromatic hydroxyl groups is 1. The van der Waals surface area contributed by atoms with E-state index in [0.29, 0.717) is 11.3 Å². The van der Waals surface area contributed by atoms with Crippen LogP contribution in [0, 0.1) is 5.41 Å². The summed E-state index contributed by atoms with van der Waals surface area (Å²) in [6, 6.07) is 8.66. The first-order valence-electron chi connectivity index (χ1n) is 9.59. The number of nitrogens with one attached hydrogen (secondary N) is 1. The number of imidazole rings is 1. The molecule has 150 valence electrons. The summed E-state index contributed by atoms with van der Waals surface area (Å²) in [7, 11) is 0. The summed E-state index contributed by atoms with van der Waals surface area (Å²) < 4.78 is 22.6. The maximum absolute atomic E-state index is 14.9. The van der Waals surface area contributed by atoms with Crippen LogP contribution in [-0.2, 0) is 0 Å². The number of alkyl halides is 1. The number of halogens is 1. The Kier molecular flexibility index (Phi) is 3.89. The van der Waals surface area contributed by atoms with Gasteiger partial charge < -0.3 is 19.7 Å². The minimum atomic E-state index is -1.11.